The Labute approximate surface area is 198 Å². The van der Waals surface area contributed by atoms with Crippen LogP contribution in [0.5, 0.6) is 0 Å². The number of benzene rings is 1. The highest BCUT2D eigenvalue weighted by Gasteiger charge is 2.18. The number of aryl methyl sites for hydroxylation is 2. The third kappa shape index (κ3) is 7.19. The average Bonchev–Trinajstić information content (AvgIpc) is 3.21. The number of carbonyl (C=O) groups excluding carboxylic acids is 1. The molecule has 0 radical (unpaired) electrons. The van der Waals surface area contributed by atoms with E-state index in [0.29, 0.717) is 42.9 Å². The minimum Gasteiger partial charge on any atom is -0.385 e. The van der Waals surface area contributed by atoms with E-state index >= 15 is 0 Å². The van der Waals surface area contributed by atoms with E-state index in [-0.39, 0.29) is 0 Å². The molecule has 1 aromatic carbocycles. The number of aromatic nitrogens is 4. The molecule has 3 aromatic rings. The highest BCUT2D eigenvalue weighted by molar-refractivity contribution is 7.99. The van der Waals surface area contributed by atoms with Crippen molar-refractivity contribution < 1.29 is 9.53 Å². The molecular weight excluding hydrogens is 438 g/mol. The lowest BCUT2D eigenvalue weighted by atomic mass is 10.2. The van der Waals surface area contributed by atoms with Crippen molar-refractivity contribution >= 4 is 35.6 Å². The zero-order valence-electron chi connectivity index (χ0n) is 19.5. The zero-order valence-corrected chi connectivity index (χ0v) is 20.3. The van der Waals surface area contributed by atoms with Crippen LogP contribution in [0.2, 0.25) is 0 Å². The summed E-state index contributed by atoms with van der Waals surface area (Å²) in [4.78, 5) is 23.7. The molecule has 3 rings (SSSR count). The van der Waals surface area contributed by atoms with Crippen LogP contribution in [0.4, 0.5) is 17.5 Å². The number of rotatable bonds is 13. The number of carbonyl (C=O) groups is 1. The molecule has 0 atom stereocenters. The van der Waals surface area contributed by atoms with E-state index in [2.05, 4.69) is 56.9 Å². The smallest absolute Gasteiger partial charge is 0.207 e. The maximum Gasteiger partial charge on any atom is 0.207 e. The summed E-state index contributed by atoms with van der Waals surface area (Å²) in [6.07, 6.45) is 1.55. The van der Waals surface area contributed by atoms with E-state index in [1.165, 1.54) is 17.3 Å². The average molecular weight is 470 g/mol. The van der Waals surface area contributed by atoms with Gasteiger partial charge >= 0.3 is 0 Å². The van der Waals surface area contributed by atoms with Crippen LogP contribution in [-0.2, 0) is 9.53 Å². The Balaban J connectivity index is 1.97. The van der Waals surface area contributed by atoms with Crippen molar-refractivity contribution in [2.45, 2.75) is 37.2 Å². The molecule has 0 spiro atoms. The van der Waals surface area contributed by atoms with E-state index in [0.717, 1.165) is 34.9 Å². The predicted molar refractivity (Wildman–Crippen MR) is 131 cm³/mol. The minimum atomic E-state index is 0.516. The van der Waals surface area contributed by atoms with Crippen molar-refractivity contribution in [3.63, 3.8) is 0 Å². The molecule has 0 bridgehead atoms. The quantitative estimate of drug-likeness (QED) is 0.198. The number of hydrogen-bond acceptors (Lipinski definition) is 8. The fraction of sp³-hybridized carbons (Fsp3) is 0.391. The van der Waals surface area contributed by atoms with Crippen LogP contribution >= 0.6 is 11.8 Å². The molecule has 3 N–H and O–H groups in total. The number of H-pyrrole nitrogens is 1. The highest BCUT2D eigenvalue weighted by atomic mass is 32.2. The van der Waals surface area contributed by atoms with Crippen LogP contribution in [0.15, 0.2) is 40.4 Å². The van der Waals surface area contributed by atoms with Gasteiger partial charge in [-0.05, 0) is 51.1 Å². The monoisotopic (exact) mass is 469 g/mol. The van der Waals surface area contributed by atoms with Crippen LogP contribution < -0.4 is 15.5 Å². The summed E-state index contributed by atoms with van der Waals surface area (Å²) in [7, 11) is 1.69. The first-order valence-corrected chi connectivity index (χ1v) is 11.6. The summed E-state index contributed by atoms with van der Waals surface area (Å²) in [5.74, 6) is 2.21. The third-order valence-electron chi connectivity index (χ3n) is 4.97. The normalized spacial score (nSPS) is 10.8. The van der Waals surface area contributed by atoms with E-state index in [4.69, 9.17) is 14.7 Å². The summed E-state index contributed by atoms with van der Waals surface area (Å²) in [5.41, 5.74) is 3.07. The van der Waals surface area contributed by atoms with Crippen LogP contribution in [0.3, 0.4) is 0 Å². The number of nitrogens with zero attached hydrogens (tertiary/aromatic N) is 4. The molecule has 0 unspecified atom stereocenters. The number of nitrogens with one attached hydrogen (secondary N) is 3. The maximum absolute atomic E-state index is 10.8. The van der Waals surface area contributed by atoms with Crippen molar-refractivity contribution in [2.75, 3.05) is 43.6 Å². The van der Waals surface area contributed by atoms with Crippen molar-refractivity contribution in [1.29, 1.82) is 0 Å². The van der Waals surface area contributed by atoms with Gasteiger partial charge in [0.15, 0.2) is 11.0 Å². The van der Waals surface area contributed by atoms with Gasteiger partial charge in [-0.1, -0.05) is 17.7 Å². The number of hydrogen-bond donors (Lipinski definition) is 3. The molecule has 33 heavy (non-hydrogen) atoms. The van der Waals surface area contributed by atoms with Gasteiger partial charge in [-0.2, -0.15) is 5.10 Å². The third-order valence-corrected chi connectivity index (χ3v) is 5.84. The number of aromatic amines is 1. The first-order valence-electron chi connectivity index (χ1n) is 10.8. The largest absolute Gasteiger partial charge is 0.385 e. The lowest BCUT2D eigenvalue weighted by Crippen LogP contribution is -2.34. The van der Waals surface area contributed by atoms with Gasteiger partial charge in [0.25, 0.3) is 0 Å². The van der Waals surface area contributed by atoms with Crippen molar-refractivity contribution in [1.82, 2.24) is 25.5 Å². The van der Waals surface area contributed by atoms with Gasteiger partial charge in [-0.15, -0.1) is 0 Å². The van der Waals surface area contributed by atoms with Crippen LogP contribution in [0.1, 0.15) is 23.2 Å². The fourth-order valence-electron chi connectivity index (χ4n) is 3.26. The Kier molecular flexibility index (Phi) is 9.08. The number of methoxy groups -OCH3 is 1. The number of ether oxygens (including phenoxy) is 1. The van der Waals surface area contributed by atoms with Crippen LogP contribution in [-0.4, -0.2) is 59.9 Å². The number of anilines is 3. The first-order chi connectivity index (χ1) is 16.0. The fourth-order valence-corrected chi connectivity index (χ4v) is 4.01. The number of amides is 1. The van der Waals surface area contributed by atoms with Crippen molar-refractivity contribution in [2.24, 2.45) is 0 Å². The predicted octanol–water partition coefficient (Wildman–Crippen LogP) is 3.61. The topological polar surface area (TPSA) is 108 Å². The molecule has 0 saturated heterocycles. The van der Waals surface area contributed by atoms with Crippen LogP contribution in [0.25, 0.3) is 0 Å². The molecule has 176 valence electrons. The Hall–Kier alpha value is -3.11. The van der Waals surface area contributed by atoms with Crippen molar-refractivity contribution in [3.05, 3.63) is 47.2 Å². The molecule has 0 fully saturated rings. The standard InChI is InChI=1S/C23H31N7O2S/c1-16-6-8-19(9-7-16)33-23-26-21(25-20-14-17(2)28-29-20)18(3)22(27-23)30(11-5-13-32-4)12-10-24-15-31/h6-9,14-15H,5,10-13H2,1-4H3,(H,24,31)(H2,25,26,27,28,29). The SMILES string of the molecule is COCCCN(CCNC=O)c1nc(Sc2ccc(C)cc2)nc(Nc2cc(C)[nH]n2)c1C. The van der Waals surface area contributed by atoms with Gasteiger partial charge in [0.2, 0.25) is 6.41 Å². The zero-order chi connectivity index (χ0) is 23.6. The van der Waals surface area contributed by atoms with Gasteiger partial charge in [0.05, 0.1) is 0 Å². The Morgan fingerprint density at radius 3 is 2.61 bits per heavy atom. The summed E-state index contributed by atoms with van der Waals surface area (Å²) in [5, 5.41) is 13.9. The molecule has 9 nitrogen and oxygen atoms in total. The second kappa shape index (κ2) is 12.2. The molecule has 1 amide bonds. The maximum atomic E-state index is 10.8. The second-order valence-electron chi connectivity index (χ2n) is 7.69. The Bertz CT molecular complexity index is 1040. The molecular formula is C23H31N7O2S. The van der Waals surface area contributed by atoms with Crippen LogP contribution in [0, 0.1) is 20.8 Å². The molecule has 0 aliphatic rings. The van der Waals surface area contributed by atoms with Crippen molar-refractivity contribution in [3.8, 4) is 0 Å². The Morgan fingerprint density at radius 1 is 1.15 bits per heavy atom. The molecule has 2 heterocycles. The van der Waals surface area contributed by atoms with Gasteiger partial charge in [0, 0.05) is 55.6 Å². The van der Waals surface area contributed by atoms with Gasteiger partial charge in [-0.3, -0.25) is 9.89 Å². The van der Waals surface area contributed by atoms with Gasteiger partial charge in [0.1, 0.15) is 11.6 Å². The van der Waals surface area contributed by atoms with E-state index in [1.807, 2.05) is 19.9 Å². The molecule has 10 heteroatoms. The summed E-state index contributed by atoms with van der Waals surface area (Å²) in [6.45, 7) is 8.53. The molecule has 2 aromatic heterocycles. The molecule has 0 aliphatic heterocycles. The van der Waals surface area contributed by atoms with E-state index in [9.17, 15) is 4.79 Å². The van der Waals surface area contributed by atoms with E-state index in [1.54, 1.807) is 7.11 Å². The van der Waals surface area contributed by atoms with Gasteiger partial charge < -0.3 is 20.3 Å². The van der Waals surface area contributed by atoms with E-state index < -0.39 is 0 Å². The Morgan fingerprint density at radius 2 is 1.94 bits per heavy atom. The summed E-state index contributed by atoms with van der Waals surface area (Å²) in [6, 6.07) is 10.2. The minimum absolute atomic E-state index is 0.516. The second-order valence-corrected chi connectivity index (χ2v) is 8.73. The lowest BCUT2D eigenvalue weighted by Gasteiger charge is -2.26. The molecule has 0 saturated carbocycles. The summed E-state index contributed by atoms with van der Waals surface area (Å²) < 4.78 is 5.24. The lowest BCUT2D eigenvalue weighted by molar-refractivity contribution is -0.109. The highest BCUT2D eigenvalue weighted by Crippen LogP contribution is 2.32. The first kappa shape index (κ1) is 24.5. The van der Waals surface area contributed by atoms with Gasteiger partial charge in [-0.25, -0.2) is 9.97 Å². The summed E-state index contributed by atoms with van der Waals surface area (Å²) >= 11 is 1.51. The molecule has 0 aliphatic carbocycles.